The summed E-state index contributed by atoms with van der Waals surface area (Å²) in [4.78, 5) is 16.3. The van der Waals surface area contributed by atoms with Crippen LogP contribution in [0, 0.1) is 5.82 Å². The van der Waals surface area contributed by atoms with Crippen molar-refractivity contribution < 1.29 is 4.39 Å². The van der Waals surface area contributed by atoms with Crippen molar-refractivity contribution in [2.24, 2.45) is 4.99 Å². The SMILES string of the molecule is CCCCN(CCC)c1ncc(-c2ccc(C3CCC(c4ccccc4F)=N3)cc2)cn1. The second kappa shape index (κ2) is 10.5. The van der Waals surface area contributed by atoms with E-state index in [4.69, 9.17) is 4.99 Å². The van der Waals surface area contributed by atoms with E-state index in [9.17, 15) is 4.39 Å². The van der Waals surface area contributed by atoms with E-state index in [1.54, 1.807) is 6.07 Å². The average molecular weight is 431 g/mol. The number of unbranched alkanes of at least 4 members (excludes halogenated alkanes) is 1. The smallest absolute Gasteiger partial charge is 0.225 e. The van der Waals surface area contributed by atoms with Crippen molar-refractivity contribution in [1.29, 1.82) is 0 Å². The number of rotatable bonds is 9. The number of aliphatic imine (C=N–C) groups is 1. The van der Waals surface area contributed by atoms with Gasteiger partial charge in [0.15, 0.2) is 0 Å². The lowest BCUT2D eigenvalue weighted by Crippen LogP contribution is -2.27. The van der Waals surface area contributed by atoms with Crippen LogP contribution < -0.4 is 4.90 Å². The highest BCUT2D eigenvalue weighted by Crippen LogP contribution is 2.32. The summed E-state index contributed by atoms with van der Waals surface area (Å²) in [6.07, 6.45) is 8.93. The molecule has 2 heterocycles. The molecule has 1 aromatic heterocycles. The molecule has 1 atom stereocenters. The molecule has 0 saturated heterocycles. The van der Waals surface area contributed by atoms with Crippen LogP contribution >= 0.6 is 0 Å². The zero-order chi connectivity index (χ0) is 22.3. The zero-order valence-corrected chi connectivity index (χ0v) is 19.0. The fraction of sp³-hybridized carbons (Fsp3) is 0.370. The second-order valence-corrected chi connectivity index (χ2v) is 8.34. The molecule has 0 aliphatic carbocycles. The number of anilines is 1. The van der Waals surface area contributed by atoms with Gasteiger partial charge in [-0.2, -0.15) is 0 Å². The first-order chi connectivity index (χ1) is 15.7. The van der Waals surface area contributed by atoms with E-state index in [-0.39, 0.29) is 11.9 Å². The van der Waals surface area contributed by atoms with E-state index in [1.165, 1.54) is 6.07 Å². The lowest BCUT2D eigenvalue weighted by molar-refractivity contribution is 0.625. The van der Waals surface area contributed by atoms with Gasteiger partial charge in [0, 0.05) is 42.3 Å². The fourth-order valence-corrected chi connectivity index (χ4v) is 4.19. The Hall–Kier alpha value is -3.08. The largest absolute Gasteiger partial charge is 0.341 e. The van der Waals surface area contributed by atoms with Crippen LogP contribution in [0.4, 0.5) is 10.3 Å². The topological polar surface area (TPSA) is 41.4 Å². The summed E-state index contributed by atoms with van der Waals surface area (Å²) < 4.78 is 14.1. The van der Waals surface area contributed by atoms with E-state index < -0.39 is 0 Å². The van der Waals surface area contributed by atoms with Crippen LogP contribution in [0.15, 0.2) is 65.9 Å². The van der Waals surface area contributed by atoms with E-state index in [0.29, 0.717) is 5.56 Å². The van der Waals surface area contributed by atoms with Crippen LogP contribution in [-0.4, -0.2) is 28.8 Å². The summed E-state index contributed by atoms with van der Waals surface area (Å²) in [6, 6.07) is 15.4. The molecule has 3 aromatic rings. The summed E-state index contributed by atoms with van der Waals surface area (Å²) >= 11 is 0. The summed E-state index contributed by atoms with van der Waals surface area (Å²) in [5.41, 5.74) is 4.74. The highest BCUT2D eigenvalue weighted by molar-refractivity contribution is 6.02. The van der Waals surface area contributed by atoms with Crippen LogP contribution in [0.2, 0.25) is 0 Å². The Morgan fingerprint density at radius 1 is 0.906 bits per heavy atom. The molecule has 0 amide bonds. The Labute approximate surface area is 190 Å². The highest BCUT2D eigenvalue weighted by atomic mass is 19.1. The van der Waals surface area contributed by atoms with Crippen molar-refractivity contribution in [2.45, 2.75) is 52.0 Å². The quantitative estimate of drug-likeness (QED) is 0.383. The van der Waals surface area contributed by atoms with Crippen molar-refractivity contribution in [3.63, 3.8) is 0 Å². The van der Waals surface area contributed by atoms with Gasteiger partial charge in [-0.15, -0.1) is 0 Å². The van der Waals surface area contributed by atoms with Gasteiger partial charge in [-0.25, -0.2) is 14.4 Å². The van der Waals surface area contributed by atoms with Gasteiger partial charge in [-0.3, -0.25) is 4.99 Å². The first kappa shape index (κ1) is 22.1. The average Bonchev–Trinajstić information content (AvgIpc) is 3.32. The van der Waals surface area contributed by atoms with Gasteiger partial charge in [0.2, 0.25) is 5.95 Å². The standard InChI is InChI=1S/C27H31FN4/c1-3-5-17-32(16-4-2)27-29-18-22(19-30-27)20-10-12-21(13-11-20)25-14-15-26(31-25)23-8-6-7-9-24(23)28/h6-13,18-19,25H,3-5,14-17H2,1-2H3. The molecular formula is C27H31FN4. The minimum atomic E-state index is -0.196. The summed E-state index contributed by atoms with van der Waals surface area (Å²) in [6.45, 7) is 6.36. The van der Waals surface area contributed by atoms with Gasteiger partial charge < -0.3 is 4.90 Å². The molecule has 2 aromatic carbocycles. The van der Waals surface area contributed by atoms with Crippen molar-refractivity contribution in [3.05, 3.63) is 77.9 Å². The molecule has 0 spiro atoms. The van der Waals surface area contributed by atoms with Gasteiger partial charge >= 0.3 is 0 Å². The molecule has 1 unspecified atom stereocenters. The zero-order valence-electron chi connectivity index (χ0n) is 19.0. The van der Waals surface area contributed by atoms with Crippen molar-refractivity contribution in [3.8, 4) is 11.1 Å². The number of halogens is 1. The Morgan fingerprint density at radius 2 is 1.66 bits per heavy atom. The summed E-state index contributed by atoms with van der Waals surface area (Å²) in [5.74, 6) is 0.611. The Morgan fingerprint density at radius 3 is 2.34 bits per heavy atom. The van der Waals surface area contributed by atoms with Crippen LogP contribution in [0.1, 0.15) is 63.1 Å². The number of hydrogen-bond donors (Lipinski definition) is 0. The molecule has 0 radical (unpaired) electrons. The minimum Gasteiger partial charge on any atom is -0.341 e. The lowest BCUT2D eigenvalue weighted by Gasteiger charge is -2.21. The van der Waals surface area contributed by atoms with Crippen LogP contribution in [0.5, 0.6) is 0 Å². The molecule has 4 nitrogen and oxygen atoms in total. The van der Waals surface area contributed by atoms with Crippen molar-refractivity contribution in [2.75, 3.05) is 18.0 Å². The second-order valence-electron chi connectivity index (χ2n) is 8.34. The third-order valence-electron chi connectivity index (χ3n) is 5.98. The molecule has 166 valence electrons. The number of benzene rings is 2. The normalized spacial score (nSPS) is 15.6. The van der Waals surface area contributed by atoms with E-state index >= 15 is 0 Å². The molecule has 5 heteroatoms. The molecule has 0 N–H and O–H groups in total. The monoisotopic (exact) mass is 430 g/mol. The maximum atomic E-state index is 14.1. The van der Waals surface area contributed by atoms with Gasteiger partial charge in [-0.1, -0.05) is 62.7 Å². The number of aromatic nitrogens is 2. The lowest BCUT2D eigenvalue weighted by atomic mass is 10.0. The molecule has 0 saturated carbocycles. The van der Waals surface area contributed by atoms with E-state index in [0.717, 1.165) is 73.5 Å². The van der Waals surface area contributed by atoms with Gasteiger partial charge in [0.05, 0.1) is 6.04 Å². The van der Waals surface area contributed by atoms with Crippen molar-refractivity contribution >= 4 is 11.7 Å². The fourth-order valence-electron chi connectivity index (χ4n) is 4.19. The summed E-state index contributed by atoms with van der Waals surface area (Å²) in [7, 11) is 0. The first-order valence-corrected chi connectivity index (χ1v) is 11.7. The van der Waals surface area contributed by atoms with E-state index in [1.807, 2.05) is 24.5 Å². The Bertz CT molecular complexity index is 1040. The molecule has 4 rings (SSSR count). The minimum absolute atomic E-state index is 0.0819. The molecule has 0 fully saturated rings. The highest BCUT2D eigenvalue weighted by Gasteiger charge is 2.22. The molecule has 32 heavy (non-hydrogen) atoms. The molecule has 1 aliphatic heterocycles. The number of nitrogens with zero attached hydrogens (tertiary/aromatic N) is 4. The van der Waals surface area contributed by atoms with Gasteiger partial charge in [-0.05, 0) is 42.9 Å². The van der Waals surface area contributed by atoms with Crippen LogP contribution in [0.25, 0.3) is 11.1 Å². The third kappa shape index (κ3) is 5.04. The predicted octanol–water partition coefficient (Wildman–Crippen LogP) is 6.62. The Balaban J connectivity index is 1.46. The maximum absolute atomic E-state index is 14.1. The Kier molecular flexibility index (Phi) is 7.25. The predicted molar refractivity (Wildman–Crippen MR) is 130 cm³/mol. The first-order valence-electron chi connectivity index (χ1n) is 11.7. The number of hydrogen-bond acceptors (Lipinski definition) is 4. The summed E-state index contributed by atoms with van der Waals surface area (Å²) in [5, 5.41) is 0. The van der Waals surface area contributed by atoms with Gasteiger partial charge in [0.25, 0.3) is 0 Å². The van der Waals surface area contributed by atoms with E-state index in [2.05, 4.69) is 53.0 Å². The van der Waals surface area contributed by atoms with Gasteiger partial charge in [0.1, 0.15) is 5.82 Å². The van der Waals surface area contributed by atoms with Crippen LogP contribution in [0.3, 0.4) is 0 Å². The molecule has 1 aliphatic rings. The maximum Gasteiger partial charge on any atom is 0.225 e. The third-order valence-corrected chi connectivity index (χ3v) is 5.98. The van der Waals surface area contributed by atoms with Crippen LogP contribution in [-0.2, 0) is 0 Å². The molecule has 0 bridgehead atoms. The molecular weight excluding hydrogens is 399 g/mol. The van der Waals surface area contributed by atoms with Crippen molar-refractivity contribution in [1.82, 2.24) is 9.97 Å².